The van der Waals surface area contributed by atoms with E-state index in [9.17, 15) is 13.2 Å². The first-order valence-corrected chi connectivity index (χ1v) is 7.30. The maximum absolute atomic E-state index is 12.6. The minimum absolute atomic E-state index is 0.388. The van der Waals surface area contributed by atoms with Crippen LogP contribution < -0.4 is 16.4 Å². The maximum atomic E-state index is 12.6. The second-order valence-electron chi connectivity index (χ2n) is 5.20. The molecular formula is C17H14F3N5. The van der Waals surface area contributed by atoms with E-state index in [-0.39, 0.29) is 0 Å². The van der Waals surface area contributed by atoms with Gasteiger partial charge in [0, 0.05) is 5.69 Å². The highest BCUT2D eigenvalue weighted by atomic mass is 19.4. The first kappa shape index (κ1) is 16.6. The van der Waals surface area contributed by atoms with Crippen LogP contribution >= 0.6 is 0 Å². The Labute approximate surface area is 141 Å². The van der Waals surface area contributed by atoms with Crippen LogP contribution in [0.15, 0.2) is 60.9 Å². The molecule has 0 fully saturated rings. The highest BCUT2D eigenvalue weighted by molar-refractivity contribution is 5.71. The Morgan fingerprint density at radius 2 is 1.48 bits per heavy atom. The average Bonchev–Trinajstić information content (AvgIpc) is 2.57. The molecule has 0 saturated carbocycles. The fourth-order valence-corrected chi connectivity index (χ4v) is 2.13. The molecule has 3 aromatic rings. The summed E-state index contributed by atoms with van der Waals surface area (Å²) >= 11 is 0. The molecule has 0 aliphatic heterocycles. The first-order chi connectivity index (χ1) is 11.9. The zero-order valence-corrected chi connectivity index (χ0v) is 12.9. The van der Waals surface area contributed by atoms with Crippen molar-refractivity contribution in [2.45, 2.75) is 6.18 Å². The van der Waals surface area contributed by atoms with E-state index in [1.54, 1.807) is 12.1 Å². The molecule has 0 radical (unpaired) electrons. The topological polar surface area (TPSA) is 75.9 Å². The number of para-hydroxylation sites is 2. The van der Waals surface area contributed by atoms with Gasteiger partial charge < -0.3 is 16.4 Å². The van der Waals surface area contributed by atoms with Gasteiger partial charge in [-0.05, 0) is 36.4 Å². The molecule has 0 unspecified atom stereocenters. The molecule has 0 aliphatic rings. The molecule has 0 spiro atoms. The summed E-state index contributed by atoms with van der Waals surface area (Å²) in [6.45, 7) is 0. The number of nitrogens with zero attached hydrogens (tertiary/aromatic N) is 2. The first-order valence-electron chi connectivity index (χ1n) is 7.30. The number of nitrogen functional groups attached to an aromatic ring is 1. The van der Waals surface area contributed by atoms with E-state index in [0.717, 1.165) is 12.1 Å². The van der Waals surface area contributed by atoms with E-state index in [4.69, 9.17) is 5.73 Å². The Morgan fingerprint density at radius 3 is 2.12 bits per heavy atom. The second-order valence-corrected chi connectivity index (χ2v) is 5.20. The standard InChI is InChI=1S/C17H14F3N5/c18-17(19,20)11-5-7-12(8-6-11)23-15-9-22-10-16(25-15)24-14-4-2-1-3-13(14)21/h1-10H,21H2,(H2,23,24,25). The minimum atomic E-state index is -4.36. The molecule has 8 heteroatoms. The molecule has 0 atom stereocenters. The number of aromatic nitrogens is 2. The molecule has 0 bridgehead atoms. The molecule has 1 heterocycles. The van der Waals surface area contributed by atoms with Gasteiger partial charge in [0.25, 0.3) is 0 Å². The van der Waals surface area contributed by atoms with Gasteiger partial charge in [0.2, 0.25) is 0 Å². The molecule has 4 N–H and O–H groups in total. The van der Waals surface area contributed by atoms with Crippen molar-refractivity contribution in [3.05, 3.63) is 66.5 Å². The van der Waals surface area contributed by atoms with Gasteiger partial charge in [-0.15, -0.1) is 0 Å². The number of hydrogen-bond acceptors (Lipinski definition) is 5. The third-order valence-corrected chi connectivity index (χ3v) is 3.34. The normalized spacial score (nSPS) is 11.2. The number of alkyl halides is 3. The van der Waals surface area contributed by atoms with Crippen molar-refractivity contribution in [3.63, 3.8) is 0 Å². The fourth-order valence-electron chi connectivity index (χ4n) is 2.13. The molecule has 1 aromatic heterocycles. The van der Waals surface area contributed by atoms with Crippen LogP contribution in [0, 0.1) is 0 Å². The average molecular weight is 345 g/mol. The summed E-state index contributed by atoms with van der Waals surface area (Å²) in [5.74, 6) is 0.842. The Hall–Kier alpha value is -3.29. The van der Waals surface area contributed by atoms with E-state index in [2.05, 4.69) is 20.6 Å². The largest absolute Gasteiger partial charge is 0.416 e. The predicted octanol–water partition coefficient (Wildman–Crippen LogP) is 4.56. The molecule has 128 valence electrons. The Morgan fingerprint density at radius 1 is 0.840 bits per heavy atom. The summed E-state index contributed by atoms with van der Waals surface area (Å²) < 4.78 is 37.7. The highest BCUT2D eigenvalue weighted by Gasteiger charge is 2.29. The summed E-state index contributed by atoms with van der Waals surface area (Å²) in [6, 6.07) is 11.9. The van der Waals surface area contributed by atoms with Crippen molar-refractivity contribution in [1.29, 1.82) is 0 Å². The van der Waals surface area contributed by atoms with Gasteiger partial charge in [-0.3, -0.25) is 4.98 Å². The van der Waals surface area contributed by atoms with Crippen molar-refractivity contribution in [3.8, 4) is 0 Å². The number of hydrogen-bond donors (Lipinski definition) is 3. The van der Waals surface area contributed by atoms with Crippen molar-refractivity contribution in [1.82, 2.24) is 9.97 Å². The third kappa shape index (κ3) is 4.17. The van der Waals surface area contributed by atoms with Crippen LogP contribution in [0.5, 0.6) is 0 Å². The van der Waals surface area contributed by atoms with Gasteiger partial charge in [-0.2, -0.15) is 13.2 Å². The van der Waals surface area contributed by atoms with E-state index in [1.165, 1.54) is 24.5 Å². The Bertz CT molecular complexity index is 863. The SMILES string of the molecule is Nc1ccccc1Nc1cncc(Nc2ccc(C(F)(F)F)cc2)n1. The van der Waals surface area contributed by atoms with E-state index in [1.807, 2.05) is 12.1 Å². The van der Waals surface area contributed by atoms with Crippen LogP contribution in [0.4, 0.5) is 41.9 Å². The van der Waals surface area contributed by atoms with Gasteiger partial charge in [0.05, 0.1) is 29.3 Å². The molecule has 0 amide bonds. The highest BCUT2D eigenvalue weighted by Crippen LogP contribution is 2.30. The number of benzene rings is 2. The van der Waals surface area contributed by atoms with Gasteiger partial charge in [-0.25, -0.2) is 4.98 Å². The van der Waals surface area contributed by atoms with Crippen LogP contribution in [0.2, 0.25) is 0 Å². The monoisotopic (exact) mass is 345 g/mol. The lowest BCUT2D eigenvalue weighted by Crippen LogP contribution is -2.05. The second kappa shape index (κ2) is 6.68. The lowest BCUT2D eigenvalue weighted by molar-refractivity contribution is -0.137. The van der Waals surface area contributed by atoms with E-state index >= 15 is 0 Å². The van der Waals surface area contributed by atoms with Crippen LogP contribution in [0.3, 0.4) is 0 Å². The zero-order chi connectivity index (χ0) is 17.9. The maximum Gasteiger partial charge on any atom is 0.416 e. The minimum Gasteiger partial charge on any atom is -0.397 e. The molecular weight excluding hydrogens is 331 g/mol. The van der Waals surface area contributed by atoms with Crippen molar-refractivity contribution >= 4 is 28.7 Å². The molecule has 25 heavy (non-hydrogen) atoms. The quantitative estimate of drug-likeness (QED) is 0.604. The number of nitrogens with two attached hydrogens (primary N) is 1. The lowest BCUT2D eigenvalue weighted by Gasteiger charge is -2.11. The van der Waals surface area contributed by atoms with Gasteiger partial charge >= 0.3 is 6.18 Å². The lowest BCUT2D eigenvalue weighted by atomic mass is 10.2. The molecule has 0 aliphatic carbocycles. The number of anilines is 5. The van der Waals surface area contributed by atoms with Crippen LogP contribution in [0.25, 0.3) is 0 Å². The van der Waals surface area contributed by atoms with Crippen molar-refractivity contribution in [2.24, 2.45) is 0 Å². The number of halogens is 3. The zero-order valence-electron chi connectivity index (χ0n) is 12.9. The summed E-state index contributed by atoms with van der Waals surface area (Å²) in [5, 5.41) is 5.95. The molecule has 2 aromatic carbocycles. The van der Waals surface area contributed by atoms with Crippen LogP contribution in [-0.2, 0) is 6.18 Å². The van der Waals surface area contributed by atoms with Crippen LogP contribution in [0.1, 0.15) is 5.56 Å². The molecule has 5 nitrogen and oxygen atoms in total. The van der Waals surface area contributed by atoms with Crippen LogP contribution in [-0.4, -0.2) is 9.97 Å². The fraction of sp³-hybridized carbons (Fsp3) is 0.0588. The smallest absolute Gasteiger partial charge is 0.397 e. The predicted molar refractivity (Wildman–Crippen MR) is 90.9 cm³/mol. The number of rotatable bonds is 4. The Balaban J connectivity index is 1.75. The van der Waals surface area contributed by atoms with E-state index in [0.29, 0.717) is 28.7 Å². The number of nitrogens with one attached hydrogen (secondary N) is 2. The van der Waals surface area contributed by atoms with E-state index < -0.39 is 11.7 Å². The van der Waals surface area contributed by atoms with Crippen molar-refractivity contribution < 1.29 is 13.2 Å². The summed E-state index contributed by atoms with van der Waals surface area (Å²) in [4.78, 5) is 8.37. The van der Waals surface area contributed by atoms with Gasteiger partial charge in [-0.1, -0.05) is 12.1 Å². The Kier molecular flexibility index (Phi) is 4.42. The molecule has 0 saturated heterocycles. The van der Waals surface area contributed by atoms with Gasteiger partial charge in [0.1, 0.15) is 0 Å². The summed E-state index contributed by atoms with van der Waals surface area (Å²) in [5.41, 5.74) is 6.87. The molecule has 3 rings (SSSR count). The summed E-state index contributed by atoms with van der Waals surface area (Å²) in [6.07, 6.45) is -1.38. The van der Waals surface area contributed by atoms with Crippen molar-refractivity contribution in [2.75, 3.05) is 16.4 Å². The summed E-state index contributed by atoms with van der Waals surface area (Å²) in [7, 11) is 0. The third-order valence-electron chi connectivity index (χ3n) is 3.34. The van der Waals surface area contributed by atoms with Gasteiger partial charge in [0.15, 0.2) is 11.6 Å².